The van der Waals surface area contributed by atoms with E-state index < -0.39 is 41.6 Å². The molecule has 2 aromatic heterocycles. The summed E-state index contributed by atoms with van der Waals surface area (Å²) in [6.07, 6.45) is 1.95. The normalized spacial score (nSPS) is 18.8. The third kappa shape index (κ3) is 8.26. The van der Waals surface area contributed by atoms with Crippen molar-refractivity contribution < 1.29 is 38.5 Å². The Morgan fingerprint density at radius 2 is 1.78 bits per heavy atom. The lowest BCUT2D eigenvalue weighted by Gasteiger charge is -2.34. The van der Waals surface area contributed by atoms with E-state index in [2.05, 4.69) is 31.5 Å². The van der Waals surface area contributed by atoms with Gasteiger partial charge in [0.15, 0.2) is 5.13 Å². The minimum absolute atomic E-state index is 0.0169. The number of halogens is 1. The second-order valence-electron chi connectivity index (χ2n) is 13.7. The molecular weight excluding hydrogens is 718 g/mol. The summed E-state index contributed by atoms with van der Waals surface area (Å²) in [5, 5.41) is 18.6. The fraction of sp³-hybridized carbons (Fsp3) is 0.529. The van der Waals surface area contributed by atoms with E-state index in [1.54, 1.807) is 65.3 Å². The number of aromatic nitrogens is 2. The molecule has 1 unspecified atom stereocenters. The quantitative estimate of drug-likeness (QED) is 0.215. The smallest absolute Gasteiger partial charge is 0.408 e. The van der Waals surface area contributed by atoms with Crippen LogP contribution in [0.4, 0.5) is 9.93 Å². The van der Waals surface area contributed by atoms with Crippen LogP contribution in [-0.4, -0.2) is 81.8 Å². The Labute approximate surface area is 297 Å². The number of ether oxygens (including phenoxy) is 3. The first-order valence-corrected chi connectivity index (χ1v) is 17.9. The Morgan fingerprint density at radius 1 is 1.06 bits per heavy atom. The molecule has 1 saturated heterocycles. The number of alkyl carbamates (subject to hydrolysis) is 1. The molecule has 3 heterocycles. The van der Waals surface area contributed by atoms with Gasteiger partial charge < -0.3 is 34.9 Å². The van der Waals surface area contributed by atoms with Crippen LogP contribution in [0.5, 0.6) is 11.5 Å². The molecular formula is C34H42BrN5O8S. The second-order valence-corrected chi connectivity index (χ2v) is 15.4. The summed E-state index contributed by atoms with van der Waals surface area (Å²) in [6, 6.07) is 3.05. The van der Waals surface area contributed by atoms with Gasteiger partial charge in [-0.2, -0.15) is 0 Å². The summed E-state index contributed by atoms with van der Waals surface area (Å²) in [6.45, 7) is 8.97. The summed E-state index contributed by atoms with van der Waals surface area (Å²) in [5.74, 6) is -1.14. The van der Waals surface area contributed by atoms with Gasteiger partial charge in [0.1, 0.15) is 41.5 Å². The van der Waals surface area contributed by atoms with Gasteiger partial charge in [-0.25, -0.2) is 19.6 Å². The number of aliphatic carboxylic acids is 1. The molecule has 2 aliphatic rings. The molecule has 0 bridgehead atoms. The largest absolute Gasteiger partial charge is 0.495 e. The van der Waals surface area contributed by atoms with Gasteiger partial charge in [0.25, 0.3) is 0 Å². The Bertz CT molecular complexity index is 1740. The maximum atomic E-state index is 14.0. The van der Waals surface area contributed by atoms with E-state index in [-0.39, 0.29) is 30.9 Å². The van der Waals surface area contributed by atoms with Crippen LogP contribution in [0.2, 0.25) is 0 Å². The minimum Gasteiger partial charge on any atom is -0.495 e. The third-order valence-electron chi connectivity index (χ3n) is 8.66. The zero-order valence-electron chi connectivity index (χ0n) is 28.4. The van der Waals surface area contributed by atoms with Gasteiger partial charge in [0, 0.05) is 29.2 Å². The van der Waals surface area contributed by atoms with Crippen molar-refractivity contribution in [3.63, 3.8) is 0 Å². The molecule has 49 heavy (non-hydrogen) atoms. The molecule has 3 atom stereocenters. The van der Waals surface area contributed by atoms with Crippen molar-refractivity contribution in [3.05, 3.63) is 28.1 Å². The number of hydrogen-bond acceptors (Lipinski definition) is 10. The Kier molecular flexibility index (Phi) is 11.0. The third-order valence-corrected chi connectivity index (χ3v) is 10.2. The molecule has 264 valence electrons. The molecule has 1 aromatic carbocycles. The number of carboxylic acids is 1. The number of pyridine rings is 1. The van der Waals surface area contributed by atoms with E-state index in [4.69, 9.17) is 19.2 Å². The van der Waals surface area contributed by atoms with Crippen molar-refractivity contribution in [3.8, 4) is 22.9 Å². The predicted octanol–water partition coefficient (Wildman–Crippen LogP) is 6.24. The predicted molar refractivity (Wildman–Crippen MR) is 188 cm³/mol. The van der Waals surface area contributed by atoms with Gasteiger partial charge in [-0.15, -0.1) is 11.3 Å². The van der Waals surface area contributed by atoms with Crippen LogP contribution < -0.4 is 20.1 Å². The molecule has 1 saturated carbocycles. The maximum Gasteiger partial charge on any atom is 0.408 e. The lowest BCUT2D eigenvalue weighted by Crippen LogP contribution is -2.57. The van der Waals surface area contributed by atoms with Crippen LogP contribution in [0.1, 0.15) is 66.7 Å². The topological polar surface area (TPSA) is 169 Å². The van der Waals surface area contributed by atoms with Gasteiger partial charge in [-0.05, 0) is 59.2 Å². The van der Waals surface area contributed by atoms with Crippen molar-refractivity contribution in [1.29, 1.82) is 0 Å². The van der Waals surface area contributed by atoms with E-state index in [0.29, 0.717) is 43.4 Å². The molecule has 0 spiro atoms. The highest BCUT2D eigenvalue weighted by Gasteiger charge is 2.46. The molecule has 15 heteroatoms. The lowest BCUT2D eigenvalue weighted by molar-refractivity contribution is -0.150. The van der Waals surface area contributed by atoms with E-state index in [0.717, 1.165) is 25.7 Å². The first kappa shape index (κ1) is 36.3. The molecule has 1 aliphatic heterocycles. The van der Waals surface area contributed by atoms with Gasteiger partial charge in [-0.1, -0.05) is 34.6 Å². The second kappa shape index (κ2) is 14.9. The van der Waals surface area contributed by atoms with Crippen LogP contribution >= 0.6 is 27.3 Å². The van der Waals surface area contributed by atoms with Crippen LogP contribution in [0.3, 0.4) is 0 Å². The van der Waals surface area contributed by atoms with E-state index in [1.165, 1.54) is 16.2 Å². The molecule has 3 aromatic rings. The van der Waals surface area contributed by atoms with Crippen LogP contribution in [-0.2, 0) is 19.1 Å². The SMILES string of the molecule is COc1ccc2c(O[C@@H]3C[C@@H](C(=O)O)N(C(=O)C(NC(=O)OC4CCCC4)C(C)(C)C)C3)cc(-c3csc(NC(=O)C(C)C)n3)nc2c1Br. The number of carbonyl (C=O) groups is 4. The Hall–Kier alpha value is -3.98. The van der Waals surface area contributed by atoms with Gasteiger partial charge >= 0.3 is 12.1 Å². The summed E-state index contributed by atoms with van der Waals surface area (Å²) in [4.78, 5) is 62.3. The number of carboxylic acid groups (broad SMARTS) is 1. The van der Waals surface area contributed by atoms with Gasteiger partial charge in [0.2, 0.25) is 11.8 Å². The monoisotopic (exact) mass is 759 g/mol. The molecule has 5 rings (SSSR count). The van der Waals surface area contributed by atoms with E-state index in [1.807, 2.05) is 0 Å². The van der Waals surface area contributed by atoms with Crippen molar-refractivity contribution in [2.75, 3.05) is 19.0 Å². The van der Waals surface area contributed by atoms with Crippen LogP contribution in [0.15, 0.2) is 28.1 Å². The number of methoxy groups -OCH3 is 1. The fourth-order valence-corrected chi connectivity index (χ4v) is 7.26. The Balaban J connectivity index is 1.43. The highest BCUT2D eigenvalue weighted by molar-refractivity contribution is 9.10. The average Bonchev–Trinajstić information content (AvgIpc) is 3.81. The number of thiazole rings is 1. The lowest BCUT2D eigenvalue weighted by atomic mass is 9.85. The maximum absolute atomic E-state index is 14.0. The van der Waals surface area contributed by atoms with E-state index >= 15 is 0 Å². The summed E-state index contributed by atoms with van der Waals surface area (Å²) < 4.78 is 18.2. The van der Waals surface area contributed by atoms with Crippen LogP contribution in [0.25, 0.3) is 22.3 Å². The first-order valence-electron chi connectivity index (χ1n) is 16.3. The highest BCUT2D eigenvalue weighted by atomic mass is 79.9. The van der Waals surface area contributed by atoms with Gasteiger partial charge in [-0.3, -0.25) is 9.59 Å². The number of anilines is 1. The van der Waals surface area contributed by atoms with Crippen molar-refractivity contribution in [2.24, 2.45) is 11.3 Å². The van der Waals surface area contributed by atoms with Crippen molar-refractivity contribution in [1.82, 2.24) is 20.2 Å². The number of likely N-dealkylation sites (tertiary alicyclic amines) is 1. The zero-order valence-corrected chi connectivity index (χ0v) is 30.8. The number of fused-ring (bicyclic) bond motifs is 1. The first-order chi connectivity index (χ1) is 23.2. The van der Waals surface area contributed by atoms with E-state index in [9.17, 15) is 24.3 Å². The molecule has 0 radical (unpaired) electrons. The summed E-state index contributed by atoms with van der Waals surface area (Å²) in [7, 11) is 1.54. The number of carbonyl (C=O) groups excluding carboxylic acids is 3. The number of benzene rings is 1. The van der Waals surface area contributed by atoms with Gasteiger partial charge in [0.05, 0.1) is 29.3 Å². The molecule has 13 nitrogen and oxygen atoms in total. The standard InChI is InChI=1S/C34H42BrN5O8S/c1-17(2)29(41)39-32-37-22(16-49-32)21-14-25(20-11-12-24(46-6)26(35)27(20)36-21)47-19-13-23(31(43)44)40(15-19)30(42)28(34(3,4)5)38-33(45)48-18-9-7-8-10-18/h11-12,14,16-19,23,28H,7-10,13,15H2,1-6H3,(H,38,45)(H,43,44)(H,37,39,41)/t19-,23+,28?/m1/s1. The number of hydrogen-bond donors (Lipinski definition) is 3. The summed E-state index contributed by atoms with van der Waals surface area (Å²) in [5.41, 5.74) is 0.735. The minimum atomic E-state index is -1.18. The molecule has 3 amide bonds. The number of nitrogens with one attached hydrogen (secondary N) is 2. The molecule has 3 N–H and O–H groups in total. The number of nitrogens with zero attached hydrogens (tertiary/aromatic N) is 3. The van der Waals surface area contributed by atoms with Crippen molar-refractivity contribution >= 4 is 67.2 Å². The molecule has 2 fully saturated rings. The molecule has 1 aliphatic carbocycles. The van der Waals surface area contributed by atoms with Crippen molar-refractivity contribution in [2.45, 2.75) is 91.0 Å². The summed E-state index contributed by atoms with van der Waals surface area (Å²) >= 11 is 4.86. The number of amides is 3. The highest BCUT2D eigenvalue weighted by Crippen LogP contribution is 2.40. The average molecular weight is 761 g/mol. The number of rotatable bonds is 10. The fourth-order valence-electron chi connectivity index (χ4n) is 5.96. The Morgan fingerprint density at radius 3 is 2.41 bits per heavy atom. The van der Waals surface area contributed by atoms with Crippen LogP contribution in [0, 0.1) is 11.3 Å². The zero-order chi connectivity index (χ0) is 35.6.